The molecule has 0 saturated carbocycles. The second-order valence-corrected chi connectivity index (χ2v) is 4.88. The highest BCUT2D eigenvalue weighted by molar-refractivity contribution is 6.32. The van der Waals surface area contributed by atoms with Gasteiger partial charge in [-0.05, 0) is 24.3 Å². The molecule has 0 aliphatic rings. The summed E-state index contributed by atoms with van der Waals surface area (Å²) in [6.45, 7) is 1.03. The molecule has 6 heteroatoms. The number of benzene rings is 1. The van der Waals surface area contributed by atoms with Gasteiger partial charge >= 0.3 is 0 Å². The average molecular weight is 309 g/mol. The largest absolute Gasteiger partial charge is 0.490 e. The summed E-state index contributed by atoms with van der Waals surface area (Å²) < 4.78 is 10.9. The Morgan fingerprint density at radius 1 is 1.33 bits per heavy atom. The number of nitrogens with two attached hydrogens (primary N) is 1. The fourth-order valence-electron chi connectivity index (χ4n) is 1.75. The van der Waals surface area contributed by atoms with Gasteiger partial charge in [0.05, 0.1) is 18.1 Å². The predicted octanol–water partition coefficient (Wildman–Crippen LogP) is 2.54. The molecule has 1 aromatic heterocycles. The van der Waals surface area contributed by atoms with E-state index in [9.17, 15) is 4.79 Å². The maximum Gasteiger partial charge on any atom is 0.289 e. The molecule has 0 radical (unpaired) electrons. The molecular formula is C15H17ClN2O3. The molecule has 5 nitrogen and oxygen atoms in total. The normalized spacial score (nSPS) is 10.4. The van der Waals surface area contributed by atoms with Crippen molar-refractivity contribution in [3.8, 4) is 5.75 Å². The van der Waals surface area contributed by atoms with Crippen molar-refractivity contribution in [1.82, 2.24) is 4.90 Å². The number of ether oxygens (including phenoxy) is 1. The highest BCUT2D eigenvalue weighted by Crippen LogP contribution is 2.22. The van der Waals surface area contributed by atoms with Crippen molar-refractivity contribution in [1.29, 1.82) is 0 Å². The standard InChI is InChI=1S/C15H17ClN2O3/c1-18(15(19)14-7-6-11(10-17)21-14)8-9-20-13-5-3-2-4-12(13)16/h2-7H,8-10,17H2,1H3. The number of amides is 1. The van der Waals surface area contributed by atoms with Gasteiger partial charge < -0.3 is 19.8 Å². The van der Waals surface area contributed by atoms with Gasteiger partial charge in [0.1, 0.15) is 18.1 Å². The minimum atomic E-state index is -0.211. The number of halogens is 1. The number of rotatable bonds is 6. The Morgan fingerprint density at radius 3 is 2.76 bits per heavy atom. The van der Waals surface area contributed by atoms with Crippen LogP contribution >= 0.6 is 11.6 Å². The van der Waals surface area contributed by atoms with E-state index in [0.717, 1.165) is 0 Å². The minimum absolute atomic E-state index is 0.211. The fraction of sp³-hybridized carbons (Fsp3) is 0.267. The highest BCUT2D eigenvalue weighted by atomic mass is 35.5. The van der Waals surface area contributed by atoms with E-state index in [2.05, 4.69) is 0 Å². The van der Waals surface area contributed by atoms with Crippen molar-refractivity contribution in [2.45, 2.75) is 6.54 Å². The molecule has 0 unspecified atom stereocenters. The monoisotopic (exact) mass is 308 g/mol. The molecular weight excluding hydrogens is 292 g/mol. The van der Waals surface area contributed by atoms with Gasteiger partial charge in [-0.1, -0.05) is 23.7 Å². The van der Waals surface area contributed by atoms with Crippen molar-refractivity contribution in [2.24, 2.45) is 5.73 Å². The van der Waals surface area contributed by atoms with E-state index >= 15 is 0 Å². The van der Waals surface area contributed by atoms with Crippen LogP contribution in [-0.2, 0) is 6.54 Å². The van der Waals surface area contributed by atoms with E-state index in [-0.39, 0.29) is 18.2 Å². The number of hydrogen-bond acceptors (Lipinski definition) is 4. The summed E-state index contributed by atoms with van der Waals surface area (Å²) in [6, 6.07) is 10.5. The van der Waals surface area contributed by atoms with Crippen LogP contribution in [0.25, 0.3) is 0 Å². The summed E-state index contributed by atoms with van der Waals surface area (Å²) in [5.74, 6) is 1.25. The van der Waals surface area contributed by atoms with Crippen molar-refractivity contribution in [3.63, 3.8) is 0 Å². The van der Waals surface area contributed by atoms with Crippen LogP contribution in [0.1, 0.15) is 16.3 Å². The Balaban J connectivity index is 1.85. The van der Waals surface area contributed by atoms with E-state index in [1.165, 1.54) is 4.90 Å². The molecule has 1 amide bonds. The Morgan fingerprint density at radius 2 is 2.10 bits per heavy atom. The van der Waals surface area contributed by atoms with Gasteiger partial charge in [0.25, 0.3) is 5.91 Å². The Labute approximate surface area is 128 Å². The smallest absolute Gasteiger partial charge is 0.289 e. The van der Waals surface area contributed by atoms with Crippen LogP contribution < -0.4 is 10.5 Å². The van der Waals surface area contributed by atoms with Crippen LogP contribution in [0.5, 0.6) is 5.75 Å². The van der Waals surface area contributed by atoms with Crippen LogP contribution in [0.2, 0.25) is 5.02 Å². The third-order valence-corrected chi connectivity index (χ3v) is 3.25. The van der Waals surface area contributed by atoms with E-state index in [1.807, 2.05) is 12.1 Å². The molecule has 0 bridgehead atoms. The Hall–Kier alpha value is -1.98. The molecule has 0 spiro atoms. The van der Waals surface area contributed by atoms with E-state index in [4.69, 9.17) is 26.5 Å². The van der Waals surface area contributed by atoms with Crippen molar-refractivity contribution < 1.29 is 13.9 Å². The van der Waals surface area contributed by atoms with E-state index in [1.54, 1.807) is 31.3 Å². The van der Waals surface area contributed by atoms with Gasteiger partial charge in [0, 0.05) is 7.05 Å². The zero-order chi connectivity index (χ0) is 15.2. The van der Waals surface area contributed by atoms with Gasteiger partial charge in [-0.3, -0.25) is 4.79 Å². The molecule has 0 aliphatic carbocycles. The molecule has 2 rings (SSSR count). The lowest BCUT2D eigenvalue weighted by atomic mass is 10.3. The number of hydrogen-bond donors (Lipinski definition) is 1. The maximum atomic E-state index is 12.1. The first-order valence-electron chi connectivity index (χ1n) is 6.53. The molecule has 0 atom stereocenters. The Kier molecular flexibility index (Phi) is 5.25. The van der Waals surface area contributed by atoms with E-state index in [0.29, 0.717) is 29.7 Å². The van der Waals surface area contributed by atoms with Crippen LogP contribution in [-0.4, -0.2) is 31.0 Å². The molecule has 1 aromatic carbocycles. The summed E-state index contributed by atoms with van der Waals surface area (Å²) in [6.07, 6.45) is 0. The molecule has 0 fully saturated rings. The molecule has 2 N–H and O–H groups in total. The van der Waals surface area contributed by atoms with Crippen LogP contribution in [0.4, 0.5) is 0 Å². The van der Waals surface area contributed by atoms with Crippen LogP contribution in [0.15, 0.2) is 40.8 Å². The fourth-order valence-corrected chi connectivity index (χ4v) is 1.94. The number of furan rings is 1. The van der Waals surface area contributed by atoms with Crippen LogP contribution in [0, 0.1) is 0 Å². The third kappa shape index (κ3) is 4.00. The predicted molar refractivity (Wildman–Crippen MR) is 80.5 cm³/mol. The van der Waals surface area contributed by atoms with Crippen molar-refractivity contribution >= 4 is 17.5 Å². The van der Waals surface area contributed by atoms with Crippen molar-refractivity contribution in [2.75, 3.05) is 20.2 Å². The lowest BCUT2D eigenvalue weighted by molar-refractivity contribution is 0.0740. The SMILES string of the molecule is CN(CCOc1ccccc1Cl)C(=O)c1ccc(CN)o1. The maximum absolute atomic E-state index is 12.1. The number of carbonyl (C=O) groups excluding carboxylic acids is 1. The minimum Gasteiger partial charge on any atom is -0.490 e. The second-order valence-electron chi connectivity index (χ2n) is 4.48. The van der Waals surface area contributed by atoms with Crippen molar-refractivity contribution in [3.05, 3.63) is 52.9 Å². The topological polar surface area (TPSA) is 68.7 Å². The zero-order valence-electron chi connectivity index (χ0n) is 11.7. The molecule has 2 aromatic rings. The lowest BCUT2D eigenvalue weighted by Crippen LogP contribution is -2.30. The molecule has 0 saturated heterocycles. The molecule has 112 valence electrons. The summed E-state index contributed by atoms with van der Waals surface area (Å²) in [7, 11) is 1.68. The zero-order valence-corrected chi connectivity index (χ0v) is 12.5. The summed E-state index contributed by atoms with van der Waals surface area (Å²) in [5.41, 5.74) is 5.45. The van der Waals surface area contributed by atoms with E-state index < -0.39 is 0 Å². The first-order chi connectivity index (χ1) is 10.1. The number of carbonyl (C=O) groups is 1. The van der Waals surface area contributed by atoms with Crippen LogP contribution in [0.3, 0.4) is 0 Å². The number of nitrogens with zero attached hydrogens (tertiary/aromatic N) is 1. The number of likely N-dealkylation sites (N-methyl/N-ethyl adjacent to an activating group) is 1. The first kappa shape index (κ1) is 15.4. The van der Waals surface area contributed by atoms with Gasteiger partial charge in [-0.2, -0.15) is 0 Å². The van der Waals surface area contributed by atoms with Gasteiger partial charge in [0.15, 0.2) is 5.76 Å². The summed E-state index contributed by atoms with van der Waals surface area (Å²) >= 11 is 5.98. The summed E-state index contributed by atoms with van der Waals surface area (Å²) in [4.78, 5) is 13.6. The van der Waals surface area contributed by atoms with Gasteiger partial charge in [-0.25, -0.2) is 0 Å². The lowest BCUT2D eigenvalue weighted by Gasteiger charge is -2.16. The first-order valence-corrected chi connectivity index (χ1v) is 6.91. The average Bonchev–Trinajstić information content (AvgIpc) is 2.97. The second kappa shape index (κ2) is 7.15. The van der Waals surface area contributed by atoms with Gasteiger partial charge in [0.2, 0.25) is 0 Å². The number of para-hydroxylation sites is 1. The Bertz CT molecular complexity index is 612. The summed E-state index contributed by atoms with van der Waals surface area (Å²) in [5, 5.41) is 0.546. The van der Waals surface area contributed by atoms with Gasteiger partial charge in [-0.15, -0.1) is 0 Å². The molecule has 21 heavy (non-hydrogen) atoms. The third-order valence-electron chi connectivity index (χ3n) is 2.94. The quantitative estimate of drug-likeness (QED) is 0.890. The molecule has 0 aliphatic heterocycles. The highest BCUT2D eigenvalue weighted by Gasteiger charge is 2.15. The molecule has 1 heterocycles.